The number of hydrogen-bond donors (Lipinski definition) is 1. The summed E-state index contributed by atoms with van der Waals surface area (Å²) in [4.78, 5) is 2.44. The van der Waals surface area contributed by atoms with Gasteiger partial charge in [0.15, 0.2) is 0 Å². The van der Waals surface area contributed by atoms with Crippen LogP contribution < -0.4 is 5.32 Å². The molecule has 0 spiro atoms. The summed E-state index contributed by atoms with van der Waals surface area (Å²) in [5.41, 5.74) is 0. The van der Waals surface area contributed by atoms with Gasteiger partial charge in [-0.25, -0.2) is 0 Å². The van der Waals surface area contributed by atoms with Crippen LogP contribution in [-0.2, 0) is 0 Å². The monoisotopic (exact) mass is 126 g/mol. The predicted molar refractivity (Wildman–Crippen MR) is 37.4 cm³/mol. The fraction of sp³-hybridized carbons (Fsp3) is 1.00. The molecule has 3 aliphatic heterocycles. The average molecular weight is 126 g/mol. The first-order chi connectivity index (χ1) is 4.27. The van der Waals surface area contributed by atoms with Crippen molar-refractivity contribution in [3.8, 4) is 0 Å². The van der Waals surface area contributed by atoms with Crippen LogP contribution in [-0.4, -0.2) is 36.6 Å². The molecule has 0 aliphatic carbocycles. The maximum Gasteiger partial charge on any atom is 0.0239 e. The van der Waals surface area contributed by atoms with Crippen molar-refractivity contribution in [2.24, 2.45) is 0 Å². The molecule has 0 saturated carbocycles. The van der Waals surface area contributed by atoms with Crippen LogP contribution in [0.2, 0.25) is 0 Å². The molecule has 2 heteroatoms. The molecule has 2 bridgehead atoms. The zero-order valence-corrected chi connectivity index (χ0v) is 6.09. The number of hydrogen-bond acceptors (Lipinski definition) is 2. The minimum Gasteiger partial charge on any atom is -0.308 e. The molecule has 52 valence electrons. The Morgan fingerprint density at radius 2 is 2.22 bits per heavy atom. The zero-order valence-electron chi connectivity index (χ0n) is 6.09. The maximum absolute atomic E-state index is 3.52. The summed E-state index contributed by atoms with van der Waals surface area (Å²) in [6.07, 6.45) is 1.41. The van der Waals surface area contributed by atoms with Crippen molar-refractivity contribution in [1.29, 1.82) is 0 Å². The smallest absolute Gasteiger partial charge is 0.0239 e. The van der Waals surface area contributed by atoms with Crippen molar-refractivity contribution in [2.75, 3.05) is 13.6 Å². The minimum atomic E-state index is 0.759. The lowest BCUT2D eigenvalue weighted by Gasteiger charge is -2.51. The van der Waals surface area contributed by atoms with E-state index in [4.69, 9.17) is 0 Å². The van der Waals surface area contributed by atoms with Crippen molar-refractivity contribution in [1.82, 2.24) is 10.2 Å². The van der Waals surface area contributed by atoms with Gasteiger partial charge in [0, 0.05) is 24.7 Å². The predicted octanol–water partition coefficient (Wildman–Crippen LogP) is 0.0508. The van der Waals surface area contributed by atoms with Crippen LogP contribution in [0.1, 0.15) is 13.3 Å². The zero-order chi connectivity index (χ0) is 6.43. The molecule has 2 nitrogen and oxygen atoms in total. The van der Waals surface area contributed by atoms with E-state index in [1.165, 1.54) is 13.0 Å². The highest BCUT2D eigenvalue weighted by Crippen LogP contribution is 2.24. The lowest BCUT2D eigenvalue weighted by atomic mass is 9.86. The van der Waals surface area contributed by atoms with E-state index in [-0.39, 0.29) is 0 Å². The van der Waals surface area contributed by atoms with Crippen molar-refractivity contribution >= 4 is 0 Å². The van der Waals surface area contributed by atoms with Gasteiger partial charge in [0.1, 0.15) is 0 Å². The van der Waals surface area contributed by atoms with Crippen molar-refractivity contribution in [2.45, 2.75) is 31.5 Å². The number of fused-ring (bicyclic) bond motifs is 2. The number of nitrogens with one attached hydrogen (secondary N) is 1. The van der Waals surface area contributed by atoms with Crippen LogP contribution in [0.15, 0.2) is 0 Å². The summed E-state index contributed by atoms with van der Waals surface area (Å²) in [5.74, 6) is 0. The molecule has 0 aromatic carbocycles. The largest absolute Gasteiger partial charge is 0.308 e. The van der Waals surface area contributed by atoms with Gasteiger partial charge < -0.3 is 10.2 Å². The third-order valence-electron chi connectivity index (χ3n) is 2.77. The highest BCUT2D eigenvalue weighted by molar-refractivity contribution is 5.01. The number of piperazine rings is 1. The Kier molecular flexibility index (Phi) is 1.08. The number of rotatable bonds is 0. The van der Waals surface area contributed by atoms with Crippen LogP contribution in [0.3, 0.4) is 0 Å². The van der Waals surface area contributed by atoms with E-state index < -0.39 is 0 Å². The van der Waals surface area contributed by atoms with Gasteiger partial charge in [-0.1, -0.05) is 0 Å². The summed E-state index contributed by atoms with van der Waals surface area (Å²) in [5, 5.41) is 3.52. The Balaban J connectivity index is 2.04. The molecule has 3 rings (SSSR count). The van der Waals surface area contributed by atoms with Crippen LogP contribution in [0.5, 0.6) is 0 Å². The summed E-state index contributed by atoms with van der Waals surface area (Å²) in [7, 11) is 2.21. The summed E-state index contributed by atoms with van der Waals surface area (Å²) < 4.78 is 0. The van der Waals surface area contributed by atoms with Gasteiger partial charge in [-0.3, -0.25) is 0 Å². The molecule has 3 heterocycles. The molecule has 0 radical (unpaired) electrons. The Morgan fingerprint density at radius 1 is 1.56 bits per heavy atom. The van der Waals surface area contributed by atoms with Gasteiger partial charge in [-0.2, -0.15) is 0 Å². The second-order valence-electron chi connectivity index (χ2n) is 3.39. The van der Waals surface area contributed by atoms with Crippen LogP contribution in [0, 0.1) is 0 Å². The normalized spacial score (nSPS) is 50.7. The van der Waals surface area contributed by atoms with E-state index in [2.05, 4.69) is 24.2 Å². The molecule has 3 saturated heterocycles. The van der Waals surface area contributed by atoms with Crippen molar-refractivity contribution in [3.05, 3.63) is 0 Å². The Labute approximate surface area is 56.2 Å². The molecule has 0 aromatic rings. The van der Waals surface area contributed by atoms with Gasteiger partial charge in [-0.05, 0) is 20.4 Å². The quantitative estimate of drug-likeness (QED) is 0.493. The molecule has 1 unspecified atom stereocenters. The van der Waals surface area contributed by atoms with E-state index in [0.29, 0.717) is 0 Å². The Hall–Kier alpha value is -0.0800. The van der Waals surface area contributed by atoms with E-state index in [1.54, 1.807) is 0 Å². The SMILES string of the molecule is CC1[C@@H]2C[C@H](CN1C)N2. The van der Waals surface area contributed by atoms with Crippen LogP contribution >= 0.6 is 0 Å². The molecule has 9 heavy (non-hydrogen) atoms. The Morgan fingerprint density at radius 3 is 2.56 bits per heavy atom. The molecule has 3 aliphatic rings. The first-order valence-corrected chi connectivity index (χ1v) is 3.73. The van der Waals surface area contributed by atoms with Gasteiger partial charge >= 0.3 is 0 Å². The van der Waals surface area contributed by atoms with Crippen molar-refractivity contribution < 1.29 is 0 Å². The van der Waals surface area contributed by atoms with Gasteiger partial charge in [0.2, 0.25) is 0 Å². The van der Waals surface area contributed by atoms with Crippen LogP contribution in [0.25, 0.3) is 0 Å². The maximum atomic E-state index is 3.52. The van der Waals surface area contributed by atoms with E-state index >= 15 is 0 Å². The Bertz CT molecular complexity index is 116. The molecule has 0 amide bonds. The van der Waals surface area contributed by atoms with Gasteiger partial charge in [0.25, 0.3) is 0 Å². The lowest BCUT2D eigenvalue weighted by Crippen LogP contribution is -2.69. The highest BCUT2D eigenvalue weighted by Gasteiger charge is 2.39. The molecular formula is C7H14N2. The molecule has 3 atom stereocenters. The topological polar surface area (TPSA) is 15.3 Å². The lowest BCUT2D eigenvalue weighted by molar-refractivity contribution is 0.0454. The number of likely N-dealkylation sites (N-methyl/N-ethyl adjacent to an activating group) is 1. The minimum absolute atomic E-state index is 0.759. The average Bonchev–Trinajstić information content (AvgIpc) is 1.72. The second kappa shape index (κ2) is 1.70. The number of nitrogens with zero attached hydrogens (tertiary/aromatic N) is 1. The van der Waals surface area contributed by atoms with Crippen molar-refractivity contribution in [3.63, 3.8) is 0 Å². The highest BCUT2D eigenvalue weighted by atomic mass is 15.3. The fourth-order valence-electron chi connectivity index (χ4n) is 1.87. The third kappa shape index (κ3) is 0.700. The van der Waals surface area contributed by atoms with E-state index in [1.807, 2.05) is 0 Å². The van der Waals surface area contributed by atoms with E-state index in [9.17, 15) is 0 Å². The first-order valence-electron chi connectivity index (χ1n) is 3.73. The van der Waals surface area contributed by atoms with Gasteiger partial charge in [-0.15, -0.1) is 0 Å². The number of piperidine rings is 1. The van der Waals surface area contributed by atoms with E-state index in [0.717, 1.165) is 18.1 Å². The first kappa shape index (κ1) is 5.69. The molecule has 1 N–H and O–H groups in total. The molecule has 3 fully saturated rings. The fourth-order valence-corrected chi connectivity index (χ4v) is 1.87. The second-order valence-corrected chi connectivity index (χ2v) is 3.39. The standard InChI is InChI=1S/C7H14N2/c1-5-7-3-6(8-7)4-9(5)2/h5-8H,3-4H2,1-2H3/t5?,6-,7+/m1/s1. The molecular weight excluding hydrogens is 112 g/mol. The van der Waals surface area contributed by atoms with Crippen LogP contribution in [0.4, 0.5) is 0 Å². The van der Waals surface area contributed by atoms with Gasteiger partial charge in [0.05, 0.1) is 0 Å². The summed E-state index contributed by atoms with van der Waals surface area (Å²) in [6.45, 7) is 3.55. The summed E-state index contributed by atoms with van der Waals surface area (Å²) >= 11 is 0. The molecule has 0 aromatic heterocycles. The summed E-state index contributed by atoms with van der Waals surface area (Å²) in [6, 6.07) is 2.37. The third-order valence-corrected chi connectivity index (χ3v) is 2.77.